The molecule has 1 amide bonds. The first-order chi connectivity index (χ1) is 13.7. The number of aromatic nitrogens is 4. The minimum Gasteiger partial charge on any atom is -0.354 e. The Labute approximate surface area is 163 Å². The van der Waals surface area contributed by atoms with Crippen LogP contribution in [0.1, 0.15) is 10.5 Å². The summed E-state index contributed by atoms with van der Waals surface area (Å²) in [5, 5.41) is 8.86. The number of amides is 1. The number of likely N-dealkylation sites (tertiary alicyclic amines) is 1. The molecule has 0 bridgehead atoms. The Morgan fingerprint density at radius 1 is 0.964 bits per heavy atom. The quantitative estimate of drug-likeness (QED) is 0.702. The minimum absolute atomic E-state index is 0.0357. The van der Waals surface area contributed by atoms with Crippen LogP contribution in [0.15, 0.2) is 55.0 Å². The van der Waals surface area contributed by atoms with Crippen LogP contribution in [0.5, 0.6) is 0 Å². The highest BCUT2D eigenvalue weighted by molar-refractivity contribution is 5.92. The van der Waals surface area contributed by atoms with Gasteiger partial charge in [0.25, 0.3) is 5.91 Å². The number of anilines is 1. The number of nitrogens with zero attached hydrogens (tertiary/aromatic N) is 6. The van der Waals surface area contributed by atoms with E-state index in [4.69, 9.17) is 0 Å². The first-order valence-corrected chi connectivity index (χ1v) is 9.59. The zero-order valence-corrected chi connectivity index (χ0v) is 15.8. The van der Waals surface area contributed by atoms with Crippen LogP contribution < -0.4 is 4.90 Å². The zero-order valence-electron chi connectivity index (χ0n) is 15.8. The number of imidazole rings is 1. The Kier molecular flexibility index (Phi) is 4.07. The van der Waals surface area contributed by atoms with Crippen molar-refractivity contribution in [1.29, 1.82) is 0 Å². The number of rotatable bonds is 3. The van der Waals surface area contributed by atoms with E-state index in [0.29, 0.717) is 17.5 Å². The van der Waals surface area contributed by atoms with E-state index in [1.807, 2.05) is 59.0 Å². The second-order valence-electron chi connectivity index (χ2n) is 7.70. The molecule has 0 saturated carbocycles. The van der Waals surface area contributed by atoms with Crippen molar-refractivity contribution in [1.82, 2.24) is 24.6 Å². The van der Waals surface area contributed by atoms with Gasteiger partial charge in [-0.25, -0.2) is 4.98 Å². The molecule has 2 aromatic heterocycles. The largest absolute Gasteiger partial charge is 0.354 e. The molecule has 0 N–H and O–H groups in total. The molecule has 28 heavy (non-hydrogen) atoms. The predicted molar refractivity (Wildman–Crippen MR) is 106 cm³/mol. The summed E-state index contributed by atoms with van der Waals surface area (Å²) in [4.78, 5) is 21.1. The molecule has 2 atom stereocenters. The van der Waals surface area contributed by atoms with Crippen molar-refractivity contribution in [2.75, 3.05) is 31.1 Å². The predicted octanol–water partition coefficient (Wildman–Crippen LogP) is 2.09. The van der Waals surface area contributed by atoms with Gasteiger partial charge >= 0.3 is 0 Å². The summed E-state index contributed by atoms with van der Waals surface area (Å²) in [6.45, 7) is 3.39. The lowest BCUT2D eigenvalue weighted by molar-refractivity contribution is 0.0777. The summed E-state index contributed by atoms with van der Waals surface area (Å²) < 4.78 is 1.81. The molecular formula is C21H22N6O. The Bertz CT molecular complexity index is 970. The van der Waals surface area contributed by atoms with Crippen LogP contribution >= 0.6 is 0 Å². The number of benzene rings is 1. The van der Waals surface area contributed by atoms with Crippen molar-refractivity contribution >= 4 is 11.7 Å². The third kappa shape index (κ3) is 3.02. The maximum absolute atomic E-state index is 12.6. The van der Waals surface area contributed by atoms with Crippen molar-refractivity contribution in [2.24, 2.45) is 18.9 Å². The van der Waals surface area contributed by atoms with E-state index in [-0.39, 0.29) is 5.91 Å². The van der Waals surface area contributed by atoms with Gasteiger partial charge in [-0.2, -0.15) is 0 Å². The third-order valence-corrected chi connectivity index (χ3v) is 5.74. The molecule has 5 rings (SSSR count). The molecule has 0 spiro atoms. The number of aryl methyl sites for hydroxylation is 1. The van der Waals surface area contributed by atoms with Crippen molar-refractivity contribution < 1.29 is 4.79 Å². The molecule has 2 aliphatic heterocycles. The van der Waals surface area contributed by atoms with Gasteiger partial charge in [0, 0.05) is 56.8 Å². The standard InChI is InChI=1S/C21H22N6O/c1-25-13-19(22-14-25)21(28)27-11-16-9-26(10-17(16)12-27)20-8-7-18(23-24-20)15-5-3-2-4-6-15/h2-8,13-14,16-17H,9-12H2,1H3. The van der Waals surface area contributed by atoms with Crippen LogP contribution in [0.25, 0.3) is 11.3 Å². The first-order valence-electron chi connectivity index (χ1n) is 9.59. The Morgan fingerprint density at radius 3 is 2.32 bits per heavy atom. The van der Waals surface area contributed by atoms with Gasteiger partial charge in [-0.15, -0.1) is 10.2 Å². The molecule has 142 valence electrons. The second kappa shape index (κ2) is 6.74. The fraction of sp³-hybridized carbons (Fsp3) is 0.333. The summed E-state index contributed by atoms with van der Waals surface area (Å²) >= 11 is 0. The van der Waals surface area contributed by atoms with Crippen LogP contribution in [-0.4, -0.2) is 56.7 Å². The van der Waals surface area contributed by atoms with E-state index in [1.165, 1.54) is 0 Å². The van der Waals surface area contributed by atoms with Crippen LogP contribution in [0.4, 0.5) is 5.82 Å². The van der Waals surface area contributed by atoms with E-state index < -0.39 is 0 Å². The minimum atomic E-state index is 0.0357. The van der Waals surface area contributed by atoms with Crippen molar-refractivity contribution in [2.45, 2.75) is 0 Å². The average Bonchev–Trinajstić information content (AvgIpc) is 3.43. The maximum atomic E-state index is 12.6. The lowest BCUT2D eigenvalue weighted by atomic mass is 10.0. The Morgan fingerprint density at radius 2 is 1.71 bits per heavy atom. The van der Waals surface area contributed by atoms with Gasteiger partial charge in [-0.3, -0.25) is 4.79 Å². The summed E-state index contributed by atoms with van der Waals surface area (Å²) in [6.07, 6.45) is 3.45. The molecule has 3 aromatic rings. The summed E-state index contributed by atoms with van der Waals surface area (Å²) in [6, 6.07) is 14.2. The average molecular weight is 374 g/mol. The van der Waals surface area contributed by atoms with Crippen LogP contribution in [-0.2, 0) is 7.05 Å². The summed E-state index contributed by atoms with van der Waals surface area (Å²) in [5.41, 5.74) is 2.49. The second-order valence-corrected chi connectivity index (χ2v) is 7.70. The highest BCUT2D eigenvalue weighted by atomic mass is 16.2. The third-order valence-electron chi connectivity index (χ3n) is 5.74. The van der Waals surface area contributed by atoms with E-state index in [2.05, 4.69) is 20.1 Å². The number of carbonyl (C=O) groups is 1. The first kappa shape index (κ1) is 16.9. The molecule has 2 saturated heterocycles. The van der Waals surface area contributed by atoms with Gasteiger partial charge < -0.3 is 14.4 Å². The van der Waals surface area contributed by atoms with Gasteiger partial charge in [-0.05, 0) is 12.1 Å². The van der Waals surface area contributed by atoms with Crippen LogP contribution in [0, 0.1) is 11.8 Å². The molecule has 0 aliphatic carbocycles. The number of hydrogen-bond donors (Lipinski definition) is 0. The number of hydrogen-bond acceptors (Lipinski definition) is 5. The molecule has 4 heterocycles. The molecule has 7 heteroatoms. The number of carbonyl (C=O) groups excluding carboxylic acids is 1. The lowest BCUT2D eigenvalue weighted by Gasteiger charge is -2.21. The smallest absolute Gasteiger partial charge is 0.274 e. The monoisotopic (exact) mass is 374 g/mol. The van der Waals surface area contributed by atoms with Crippen LogP contribution in [0.3, 0.4) is 0 Å². The van der Waals surface area contributed by atoms with Gasteiger partial charge in [0.05, 0.1) is 12.0 Å². The highest BCUT2D eigenvalue weighted by Crippen LogP contribution is 2.34. The molecule has 2 unspecified atom stereocenters. The summed E-state index contributed by atoms with van der Waals surface area (Å²) in [5.74, 6) is 1.90. The van der Waals surface area contributed by atoms with Gasteiger partial charge in [0.2, 0.25) is 0 Å². The van der Waals surface area contributed by atoms with Crippen molar-refractivity contribution in [3.05, 3.63) is 60.7 Å². The highest BCUT2D eigenvalue weighted by Gasteiger charge is 2.42. The molecular weight excluding hydrogens is 352 g/mol. The topological polar surface area (TPSA) is 67.2 Å². The van der Waals surface area contributed by atoms with Crippen LogP contribution in [0.2, 0.25) is 0 Å². The van der Waals surface area contributed by atoms with E-state index >= 15 is 0 Å². The normalized spacial score (nSPS) is 21.2. The van der Waals surface area contributed by atoms with E-state index in [1.54, 1.807) is 12.5 Å². The van der Waals surface area contributed by atoms with E-state index in [0.717, 1.165) is 43.3 Å². The zero-order chi connectivity index (χ0) is 19.1. The van der Waals surface area contributed by atoms with E-state index in [9.17, 15) is 4.79 Å². The Balaban J connectivity index is 1.24. The fourth-order valence-electron chi connectivity index (χ4n) is 4.29. The van der Waals surface area contributed by atoms with Gasteiger partial charge in [-0.1, -0.05) is 30.3 Å². The maximum Gasteiger partial charge on any atom is 0.274 e. The molecule has 7 nitrogen and oxygen atoms in total. The molecule has 2 aliphatic rings. The van der Waals surface area contributed by atoms with Gasteiger partial charge in [0.1, 0.15) is 5.69 Å². The number of fused-ring (bicyclic) bond motifs is 1. The Hall–Kier alpha value is -3.22. The molecule has 0 radical (unpaired) electrons. The van der Waals surface area contributed by atoms with Crippen molar-refractivity contribution in [3.8, 4) is 11.3 Å². The SMILES string of the molecule is Cn1cnc(C(=O)N2CC3CN(c4ccc(-c5ccccc5)nn4)CC3C2)c1. The summed E-state index contributed by atoms with van der Waals surface area (Å²) in [7, 11) is 1.88. The molecule has 2 fully saturated rings. The fourth-order valence-corrected chi connectivity index (χ4v) is 4.29. The van der Waals surface area contributed by atoms with Crippen molar-refractivity contribution in [3.63, 3.8) is 0 Å². The van der Waals surface area contributed by atoms with Gasteiger partial charge in [0.15, 0.2) is 5.82 Å². The lowest BCUT2D eigenvalue weighted by Crippen LogP contribution is -2.33. The molecule has 1 aromatic carbocycles.